The van der Waals surface area contributed by atoms with E-state index in [-0.39, 0.29) is 15.8 Å². The van der Waals surface area contributed by atoms with Gasteiger partial charge < -0.3 is 9.84 Å². The van der Waals surface area contributed by atoms with Crippen LogP contribution in [0.4, 0.5) is 5.69 Å². The summed E-state index contributed by atoms with van der Waals surface area (Å²) in [5.41, 5.74) is 1.23. The molecule has 0 spiro atoms. The normalized spacial score (nSPS) is 15.8. The lowest BCUT2D eigenvalue weighted by Gasteiger charge is -2.21. The number of aromatic nitrogens is 2. The summed E-state index contributed by atoms with van der Waals surface area (Å²) in [6, 6.07) is 13.9. The molecule has 2 aromatic carbocycles. The summed E-state index contributed by atoms with van der Waals surface area (Å²) >= 11 is 6.18. The minimum absolute atomic E-state index is 0.0979. The minimum atomic E-state index is -3.72. The molecule has 0 bridgehead atoms. The lowest BCUT2D eigenvalue weighted by molar-refractivity contribution is -0.114. The van der Waals surface area contributed by atoms with Gasteiger partial charge in [-0.2, -0.15) is 9.29 Å². The summed E-state index contributed by atoms with van der Waals surface area (Å²) in [5.74, 6) is 0.743. The molecule has 33 heavy (non-hydrogen) atoms. The van der Waals surface area contributed by atoms with Crippen LogP contribution >= 0.6 is 11.6 Å². The Morgan fingerprint density at radius 3 is 2.64 bits per heavy atom. The molecule has 1 aliphatic heterocycles. The van der Waals surface area contributed by atoms with Crippen molar-refractivity contribution < 1.29 is 17.7 Å². The number of carbonyl (C=O) groups excluding carboxylic acids is 1. The smallest absolute Gasteiger partial charge is 0.257 e. The van der Waals surface area contributed by atoms with Gasteiger partial charge in [0, 0.05) is 32.1 Å². The number of nitrogens with one attached hydrogen (secondary N) is 1. The Hall–Kier alpha value is -2.79. The molecule has 1 aliphatic rings. The molecule has 0 radical (unpaired) electrons. The van der Waals surface area contributed by atoms with E-state index in [0.29, 0.717) is 56.5 Å². The maximum absolute atomic E-state index is 13.2. The predicted molar refractivity (Wildman–Crippen MR) is 124 cm³/mol. The maximum atomic E-state index is 13.2. The highest BCUT2D eigenvalue weighted by Crippen LogP contribution is 2.27. The summed E-state index contributed by atoms with van der Waals surface area (Å²) < 4.78 is 33.2. The number of amides is 1. The second kappa shape index (κ2) is 10.0. The van der Waals surface area contributed by atoms with Crippen LogP contribution in [0.25, 0.3) is 11.5 Å². The van der Waals surface area contributed by atoms with Crippen LogP contribution in [0.15, 0.2) is 57.9 Å². The molecule has 2 heterocycles. The Balaban J connectivity index is 1.41. The first kappa shape index (κ1) is 23.4. The second-order valence-corrected chi connectivity index (χ2v) is 10.1. The first-order valence-corrected chi connectivity index (χ1v) is 12.3. The third kappa shape index (κ3) is 5.59. The molecule has 0 aliphatic carbocycles. The molecular formula is C22H24ClN5O4S. The molecular weight excluding hydrogens is 466 g/mol. The van der Waals surface area contributed by atoms with E-state index in [9.17, 15) is 13.2 Å². The van der Waals surface area contributed by atoms with Crippen molar-refractivity contribution in [1.29, 1.82) is 0 Å². The molecule has 3 aromatic rings. The summed E-state index contributed by atoms with van der Waals surface area (Å²) in [4.78, 5) is 17.9. The van der Waals surface area contributed by atoms with E-state index in [0.717, 1.165) is 5.56 Å². The molecule has 1 N–H and O–H groups in total. The van der Waals surface area contributed by atoms with Crippen LogP contribution in [0.5, 0.6) is 0 Å². The van der Waals surface area contributed by atoms with Gasteiger partial charge in [0.2, 0.25) is 15.9 Å². The van der Waals surface area contributed by atoms with E-state index in [4.69, 9.17) is 16.1 Å². The zero-order valence-electron chi connectivity index (χ0n) is 18.1. The number of nitrogens with zero attached hydrogens (tertiary/aromatic N) is 4. The number of halogens is 1. The predicted octanol–water partition coefficient (Wildman–Crippen LogP) is 3.25. The number of rotatable bonds is 6. The van der Waals surface area contributed by atoms with Crippen molar-refractivity contribution in [3.8, 4) is 11.5 Å². The summed E-state index contributed by atoms with van der Waals surface area (Å²) in [5, 5.41) is 6.82. The first-order valence-electron chi connectivity index (χ1n) is 10.5. The van der Waals surface area contributed by atoms with Gasteiger partial charge in [0.15, 0.2) is 5.82 Å². The van der Waals surface area contributed by atoms with Gasteiger partial charge in [-0.05, 0) is 43.3 Å². The molecule has 1 amide bonds. The SMILES string of the molecule is CC(=O)Nc1ccc(S(=O)(=O)N2CCCN(Cc3noc(-c4ccccc4)n3)CC2)cc1Cl. The van der Waals surface area contributed by atoms with E-state index in [1.54, 1.807) is 0 Å². The van der Waals surface area contributed by atoms with Crippen molar-refractivity contribution in [3.63, 3.8) is 0 Å². The average molecular weight is 490 g/mol. The van der Waals surface area contributed by atoms with Gasteiger partial charge in [0.1, 0.15) is 0 Å². The van der Waals surface area contributed by atoms with Gasteiger partial charge in [-0.1, -0.05) is 35.0 Å². The highest BCUT2D eigenvalue weighted by molar-refractivity contribution is 7.89. The monoisotopic (exact) mass is 489 g/mol. The van der Waals surface area contributed by atoms with Gasteiger partial charge in [0.05, 0.1) is 22.2 Å². The van der Waals surface area contributed by atoms with Crippen molar-refractivity contribution >= 4 is 33.2 Å². The average Bonchev–Trinajstić information content (AvgIpc) is 3.12. The second-order valence-electron chi connectivity index (χ2n) is 7.74. The van der Waals surface area contributed by atoms with E-state index < -0.39 is 10.0 Å². The van der Waals surface area contributed by atoms with Crippen molar-refractivity contribution in [2.24, 2.45) is 0 Å². The van der Waals surface area contributed by atoms with E-state index >= 15 is 0 Å². The third-order valence-electron chi connectivity index (χ3n) is 5.29. The van der Waals surface area contributed by atoms with Crippen molar-refractivity contribution in [1.82, 2.24) is 19.3 Å². The number of hydrogen-bond acceptors (Lipinski definition) is 7. The van der Waals surface area contributed by atoms with E-state index in [2.05, 4.69) is 20.4 Å². The Kier molecular flexibility index (Phi) is 7.08. The van der Waals surface area contributed by atoms with Gasteiger partial charge in [-0.15, -0.1) is 0 Å². The van der Waals surface area contributed by atoms with Gasteiger partial charge in [-0.3, -0.25) is 9.69 Å². The maximum Gasteiger partial charge on any atom is 0.257 e. The molecule has 1 fully saturated rings. The lowest BCUT2D eigenvalue weighted by atomic mass is 10.2. The highest BCUT2D eigenvalue weighted by Gasteiger charge is 2.28. The van der Waals surface area contributed by atoms with Crippen molar-refractivity contribution in [2.75, 3.05) is 31.5 Å². The Morgan fingerprint density at radius 2 is 1.91 bits per heavy atom. The van der Waals surface area contributed by atoms with Crippen molar-refractivity contribution in [3.05, 3.63) is 59.4 Å². The van der Waals surface area contributed by atoms with Gasteiger partial charge in [-0.25, -0.2) is 8.42 Å². The molecule has 0 unspecified atom stereocenters. The molecule has 4 rings (SSSR count). The fraction of sp³-hybridized carbons (Fsp3) is 0.318. The Bertz CT molecular complexity index is 1230. The number of sulfonamides is 1. The molecule has 9 nitrogen and oxygen atoms in total. The standard InChI is InChI=1S/C22H24ClN5O4S/c1-16(29)24-20-9-8-18(14-19(20)23)33(30,31)28-11-5-10-27(12-13-28)15-21-25-22(32-26-21)17-6-3-2-4-7-17/h2-4,6-9,14H,5,10-13,15H2,1H3,(H,24,29). The van der Waals surface area contributed by atoms with Crippen molar-refractivity contribution in [2.45, 2.75) is 24.8 Å². The van der Waals surface area contributed by atoms with Crippen LogP contribution < -0.4 is 5.32 Å². The Labute approximate surface area is 197 Å². The zero-order chi connectivity index (χ0) is 23.4. The third-order valence-corrected chi connectivity index (χ3v) is 7.50. The summed E-state index contributed by atoms with van der Waals surface area (Å²) in [7, 11) is -3.72. The topological polar surface area (TPSA) is 109 Å². The fourth-order valence-corrected chi connectivity index (χ4v) is 5.45. The zero-order valence-corrected chi connectivity index (χ0v) is 19.6. The number of carbonyl (C=O) groups is 1. The first-order chi connectivity index (χ1) is 15.8. The molecule has 0 atom stereocenters. The van der Waals surface area contributed by atoms with E-state index in [1.165, 1.54) is 29.4 Å². The molecule has 1 saturated heterocycles. The number of benzene rings is 2. The molecule has 1 aromatic heterocycles. The molecule has 0 saturated carbocycles. The number of anilines is 1. The quantitative estimate of drug-likeness (QED) is 0.566. The Morgan fingerprint density at radius 1 is 1.12 bits per heavy atom. The molecule has 11 heteroatoms. The van der Waals surface area contributed by atoms with Gasteiger partial charge in [0.25, 0.3) is 5.89 Å². The van der Waals surface area contributed by atoms with E-state index in [1.807, 2.05) is 30.3 Å². The van der Waals surface area contributed by atoms with Crippen LogP contribution in [0, 0.1) is 0 Å². The molecule has 174 valence electrons. The summed E-state index contributed by atoms with van der Waals surface area (Å²) in [6.07, 6.45) is 0.667. The number of hydrogen-bond donors (Lipinski definition) is 1. The highest BCUT2D eigenvalue weighted by atomic mass is 35.5. The fourth-order valence-electron chi connectivity index (χ4n) is 3.66. The van der Waals surface area contributed by atoms with Crippen LogP contribution in [-0.4, -0.2) is 59.8 Å². The van der Waals surface area contributed by atoms with Crippen LogP contribution in [0.1, 0.15) is 19.2 Å². The van der Waals surface area contributed by atoms with Crippen LogP contribution in [0.2, 0.25) is 5.02 Å². The lowest BCUT2D eigenvalue weighted by Crippen LogP contribution is -2.35. The summed E-state index contributed by atoms with van der Waals surface area (Å²) in [6.45, 7) is 3.81. The largest absolute Gasteiger partial charge is 0.334 e. The van der Waals surface area contributed by atoms with Crippen LogP contribution in [0.3, 0.4) is 0 Å². The van der Waals surface area contributed by atoms with Gasteiger partial charge >= 0.3 is 0 Å². The van der Waals surface area contributed by atoms with Crippen LogP contribution in [-0.2, 0) is 21.4 Å². The minimum Gasteiger partial charge on any atom is -0.334 e.